The minimum Gasteiger partial charge on any atom is -0.456 e. The van der Waals surface area contributed by atoms with Gasteiger partial charge in [0.05, 0.1) is 0 Å². The molecule has 6 aromatic carbocycles. The fourth-order valence-corrected chi connectivity index (χ4v) is 6.38. The van der Waals surface area contributed by atoms with Crippen molar-refractivity contribution in [2.45, 2.75) is 19.6 Å². The third-order valence-corrected chi connectivity index (χ3v) is 8.38. The van der Waals surface area contributed by atoms with Gasteiger partial charge in [-0.05, 0) is 82.9 Å². The van der Waals surface area contributed by atoms with Crippen LogP contribution in [0.25, 0.3) is 77.3 Å². The minimum absolute atomic E-state index is 0.788. The van der Waals surface area contributed by atoms with Crippen molar-refractivity contribution >= 4 is 43.9 Å². The quantitative estimate of drug-likeness (QED) is 0.212. The van der Waals surface area contributed by atoms with E-state index in [-0.39, 0.29) is 0 Å². The van der Waals surface area contributed by atoms with Crippen LogP contribution in [0.15, 0.2) is 130 Å². The number of rotatable bonds is 2. The molecule has 4 heteroatoms. The Kier molecular flexibility index (Phi) is 4.92. The van der Waals surface area contributed by atoms with E-state index < -0.39 is 5.79 Å². The Morgan fingerprint density at radius 3 is 1.28 bits per heavy atom. The first kappa shape index (κ1) is 24.2. The first-order valence-corrected chi connectivity index (χ1v) is 14.5. The van der Waals surface area contributed by atoms with E-state index in [0.29, 0.717) is 0 Å². The SMILES string of the molecule is CC1(C)Oc2ccc(-c3ccc4oc5ccccc5c4c3)cc2-c2cc(-c3ccc4oc5ccccc5c4c3)ccc2O1. The van der Waals surface area contributed by atoms with Gasteiger partial charge < -0.3 is 18.3 Å². The Labute approximate surface area is 247 Å². The van der Waals surface area contributed by atoms with Crippen LogP contribution in [-0.2, 0) is 0 Å². The molecule has 0 unspecified atom stereocenters. The lowest BCUT2D eigenvalue weighted by atomic mass is 9.94. The van der Waals surface area contributed by atoms with Crippen molar-refractivity contribution < 1.29 is 18.3 Å². The van der Waals surface area contributed by atoms with Crippen molar-refractivity contribution in [2.24, 2.45) is 0 Å². The molecule has 43 heavy (non-hydrogen) atoms. The van der Waals surface area contributed by atoms with Gasteiger partial charge in [-0.2, -0.15) is 0 Å². The summed E-state index contributed by atoms with van der Waals surface area (Å²) in [5.41, 5.74) is 9.96. The summed E-state index contributed by atoms with van der Waals surface area (Å²) in [6, 6.07) is 41.9. The largest absolute Gasteiger partial charge is 0.456 e. The zero-order chi connectivity index (χ0) is 28.7. The molecule has 0 aliphatic carbocycles. The predicted octanol–water partition coefficient (Wildman–Crippen LogP) is 11.0. The Hall–Kier alpha value is -5.48. The summed E-state index contributed by atoms with van der Waals surface area (Å²) in [4.78, 5) is 0. The van der Waals surface area contributed by atoms with Gasteiger partial charge in [-0.25, -0.2) is 0 Å². The Morgan fingerprint density at radius 2 is 0.791 bits per heavy atom. The summed E-state index contributed by atoms with van der Waals surface area (Å²) in [6.45, 7) is 3.90. The fourth-order valence-electron chi connectivity index (χ4n) is 6.38. The third kappa shape index (κ3) is 3.84. The van der Waals surface area contributed by atoms with Crippen LogP contribution in [0, 0.1) is 0 Å². The molecule has 0 fully saturated rings. The Balaban J connectivity index is 1.21. The molecule has 0 radical (unpaired) electrons. The predicted molar refractivity (Wildman–Crippen MR) is 173 cm³/mol. The smallest absolute Gasteiger partial charge is 0.245 e. The Morgan fingerprint density at radius 1 is 0.395 bits per heavy atom. The van der Waals surface area contributed by atoms with Crippen molar-refractivity contribution in [1.82, 2.24) is 0 Å². The van der Waals surface area contributed by atoms with Gasteiger partial charge in [-0.1, -0.05) is 60.7 Å². The maximum Gasteiger partial charge on any atom is 0.245 e. The average Bonchev–Trinajstić information content (AvgIpc) is 3.55. The van der Waals surface area contributed by atoms with E-state index in [4.69, 9.17) is 18.3 Å². The van der Waals surface area contributed by atoms with Crippen molar-refractivity contribution in [3.8, 4) is 44.9 Å². The van der Waals surface area contributed by atoms with Gasteiger partial charge in [0, 0.05) is 46.5 Å². The van der Waals surface area contributed by atoms with Crippen LogP contribution in [0.4, 0.5) is 0 Å². The van der Waals surface area contributed by atoms with Crippen LogP contribution in [0.3, 0.4) is 0 Å². The highest BCUT2D eigenvalue weighted by atomic mass is 16.7. The molecule has 2 aromatic heterocycles. The Bertz CT molecular complexity index is 2220. The molecular weight excluding hydrogens is 532 g/mol. The summed E-state index contributed by atoms with van der Waals surface area (Å²) in [6.07, 6.45) is 0. The van der Waals surface area contributed by atoms with Gasteiger partial charge >= 0.3 is 0 Å². The van der Waals surface area contributed by atoms with Crippen LogP contribution in [0.1, 0.15) is 13.8 Å². The molecule has 9 rings (SSSR count). The average molecular weight is 559 g/mol. The van der Waals surface area contributed by atoms with E-state index in [1.807, 2.05) is 50.2 Å². The van der Waals surface area contributed by atoms with Crippen LogP contribution >= 0.6 is 0 Å². The molecule has 206 valence electrons. The van der Waals surface area contributed by atoms with Gasteiger partial charge in [-0.3, -0.25) is 0 Å². The monoisotopic (exact) mass is 558 g/mol. The van der Waals surface area contributed by atoms with Gasteiger partial charge in [0.15, 0.2) is 0 Å². The topological polar surface area (TPSA) is 44.7 Å². The number of fused-ring (bicyclic) bond motifs is 9. The molecule has 1 aliphatic heterocycles. The van der Waals surface area contributed by atoms with Gasteiger partial charge in [0.2, 0.25) is 5.79 Å². The minimum atomic E-state index is -0.827. The normalized spacial score (nSPS) is 13.9. The number of hydrogen-bond donors (Lipinski definition) is 0. The first-order chi connectivity index (χ1) is 21.0. The molecule has 0 atom stereocenters. The highest BCUT2D eigenvalue weighted by molar-refractivity contribution is 6.07. The molecule has 0 saturated carbocycles. The van der Waals surface area contributed by atoms with Gasteiger partial charge in [-0.15, -0.1) is 0 Å². The lowest BCUT2D eigenvalue weighted by molar-refractivity contribution is -0.0778. The number of para-hydroxylation sites is 2. The van der Waals surface area contributed by atoms with E-state index in [1.54, 1.807) is 0 Å². The number of hydrogen-bond acceptors (Lipinski definition) is 4. The standard InChI is InChI=1S/C39H26O4/c1-39(2)42-37-17-13-25(23-11-15-35-29(19-23)27-7-3-5-9-33(27)40-35)21-31(37)32-22-26(14-18-38(32)43-39)24-12-16-36-30(20-24)28-8-4-6-10-34(28)41-36/h3-22H,1-2H3. The van der Waals surface area contributed by atoms with Crippen molar-refractivity contribution in [1.29, 1.82) is 0 Å². The molecular formula is C39H26O4. The van der Waals surface area contributed by atoms with E-state index in [1.165, 1.54) is 0 Å². The lowest BCUT2D eigenvalue weighted by Crippen LogP contribution is -2.34. The zero-order valence-electron chi connectivity index (χ0n) is 23.7. The van der Waals surface area contributed by atoms with E-state index >= 15 is 0 Å². The molecule has 0 N–H and O–H groups in total. The highest BCUT2D eigenvalue weighted by Gasteiger charge is 2.30. The number of ether oxygens (including phenoxy) is 2. The zero-order valence-corrected chi connectivity index (χ0v) is 23.7. The fraction of sp³-hybridized carbons (Fsp3) is 0.0769. The maximum absolute atomic E-state index is 6.42. The number of furan rings is 2. The molecule has 0 saturated heterocycles. The summed E-state index contributed by atoms with van der Waals surface area (Å²) in [5, 5.41) is 4.44. The molecule has 3 heterocycles. The van der Waals surface area contributed by atoms with E-state index in [0.717, 1.165) is 88.8 Å². The molecule has 4 nitrogen and oxygen atoms in total. The molecule has 1 aliphatic rings. The van der Waals surface area contributed by atoms with Crippen LogP contribution < -0.4 is 9.47 Å². The molecule has 0 spiro atoms. The maximum atomic E-state index is 6.42. The third-order valence-electron chi connectivity index (χ3n) is 8.38. The van der Waals surface area contributed by atoms with Crippen LogP contribution in [-0.4, -0.2) is 5.79 Å². The second-order valence-corrected chi connectivity index (χ2v) is 11.6. The van der Waals surface area contributed by atoms with Gasteiger partial charge in [0.1, 0.15) is 33.8 Å². The number of benzene rings is 6. The summed E-state index contributed by atoms with van der Waals surface area (Å²) in [5.74, 6) is 0.748. The highest BCUT2D eigenvalue weighted by Crippen LogP contribution is 2.46. The first-order valence-electron chi connectivity index (χ1n) is 14.5. The van der Waals surface area contributed by atoms with Crippen LogP contribution in [0.2, 0.25) is 0 Å². The van der Waals surface area contributed by atoms with Crippen LogP contribution in [0.5, 0.6) is 11.5 Å². The van der Waals surface area contributed by atoms with E-state index in [2.05, 4.69) is 84.9 Å². The lowest BCUT2D eigenvalue weighted by Gasteiger charge is -2.25. The second-order valence-electron chi connectivity index (χ2n) is 11.6. The van der Waals surface area contributed by atoms with Crippen molar-refractivity contribution in [3.05, 3.63) is 121 Å². The summed E-state index contributed by atoms with van der Waals surface area (Å²) in [7, 11) is 0. The summed E-state index contributed by atoms with van der Waals surface area (Å²) >= 11 is 0. The van der Waals surface area contributed by atoms with Crippen molar-refractivity contribution in [3.63, 3.8) is 0 Å². The summed E-state index contributed by atoms with van der Waals surface area (Å²) < 4.78 is 25.0. The molecule has 8 aromatic rings. The molecule has 0 bridgehead atoms. The van der Waals surface area contributed by atoms with Gasteiger partial charge in [0.25, 0.3) is 0 Å². The van der Waals surface area contributed by atoms with Crippen molar-refractivity contribution in [2.75, 3.05) is 0 Å². The second kappa shape index (κ2) is 8.76. The molecule has 0 amide bonds. The van der Waals surface area contributed by atoms with E-state index in [9.17, 15) is 0 Å².